The molecule has 0 aromatic heterocycles. The van der Waals surface area contributed by atoms with Gasteiger partial charge in [-0.3, -0.25) is 4.79 Å². The molecule has 0 aliphatic carbocycles. The summed E-state index contributed by atoms with van der Waals surface area (Å²) in [6, 6.07) is 41.9. The van der Waals surface area contributed by atoms with Crippen LogP contribution in [0.1, 0.15) is 66.3 Å². The van der Waals surface area contributed by atoms with Gasteiger partial charge in [-0.25, -0.2) is 19.2 Å². The van der Waals surface area contributed by atoms with Crippen LogP contribution in [0, 0.1) is 0 Å². The Bertz CT molecular complexity index is 2080. The highest BCUT2D eigenvalue weighted by atomic mass is 16.7. The molecule has 1 aliphatic rings. The van der Waals surface area contributed by atoms with E-state index >= 15 is 0 Å². The molecule has 0 N–H and O–H groups in total. The van der Waals surface area contributed by atoms with Gasteiger partial charge in [0.05, 0.1) is 22.3 Å². The molecular weight excluding hydrogens is 744 g/mol. The van der Waals surface area contributed by atoms with Crippen molar-refractivity contribution >= 4 is 29.8 Å². The Hall–Kier alpha value is -6.63. The number of hydrogen-bond acceptors (Lipinski definition) is 12. The molecule has 5 aromatic rings. The second kappa shape index (κ2) is 21.1. The minimum atomic E-state index is -1.54. The number of esters is 5. The molecule has 6 rings (SSSR count). The maximum absolute atomic E-state index is 13.8. The van der Waals surface area contributed by atoms with E-state index in [4.69, 9.17) is 33.2 Å². The van der Waals surface area contributed by atoms with Crippen molar-refractivity contribution < 1.29 is 57.1 Å². The third-order valence-corrected chi connectivity index (χ3v) is 9.04. The monoisotopic (exact) mass is 786 g/mol. The van der Waals surface area contributed by atoms with E-state index < -0.39 is 61.2 Å². The summed E-state index contributed by atoms with van der Waals surface area (Å²) in [5, 5.41) is 0. The molecule has 2 unspecified atom stereocenters. The summed E-state index contributed by atoms with van der Waals surface area (Å²) < 4.78 is 41.8. The summed E-state index contributed by atoms with van der Waals surface area (Å²) in [4.78, 5) is 66.7. The Morgan fingerprint density at radius 3 is 1.40 bits per heavy atom. The van der Waals surface area contributed by atoms with Crippen LogP contribution in [0.3, 0.4) is 0 Å². The summed E-state index contributed by atoms with van der Waals surface area (Å²) in [6.45, 7) is -0.331. The van der Waals surface area contributed by atoms with Gasteiger partial charge in [0.2, 0.25) is 0 Å². The Morgan fingerprint density at radius 1 is 0.466 bits per heavy atom. The summed E-state index contributed by atoms with van der Waals surface area (Å²) in [6.07, 6.45) is -6.41. The van der Waals surface area contributed by atoms with Gasteiger partial charge in [0.25, 0.3) is 0 Å². The molecule has 0 amide bonds. The van der Waals surface area contributed by atoms with Crippen LogP contribution in [-0.4, -0.2) is 73.8 Å². The molecule has 12 nitrogen and oxygen atoms in total. The zero-order chi connectivity index (χ0) is 40.5. The van der Waals surface area contributed by atoms with Crippen LogP contribution >= 0.6 is 0 Å². The lowest BCUT2D eigenvalue weighted by Crippen LogP contribution is -2.63. The third kappa shape index (κ3) is 11.7. The molecule has 0 bridgehead atoms. The van der Waals surface area contributed by atoms with Gasteiger partial charge >= 0.3 is 29.8 Å². The van der Waals surface area contributed by atoms with E-state index in [1.54, 1.807) is 97.1 Å². The second-order valence-corrected chi connectivity index (χ2v) is 13.2. The number of carbonyl (C=O) groups excluding carboxylic acids is 5. The van der Waals surface area contributed by atoms with Gasteiger partial charge in [0.15, 0.2) is 24.6 Å². The largest absolute Gasteiger partial charge is 0.461 e. The molecule has 5 atom stereocenters. The fraction of sp³-hybridized carbons (Fsp3) is 0.239. The third-order valence-electron chi connectivity index (χ3n) is 9.04. The van der Waals surface area contributed by atoms with Gasteiger partial charge in [0, 0.05) is 13.0 Å². The normalized spacial score (nSPS) is 18.6. The van der Waals surface area contributed by atoms with Gasteiger partial charge in [-0.2, -0.15) is 0 Å². The zero-order valence-corrected chi connectivity index (χ0v) is 31.5. The molecule has 58 heavy (non-hydrogen) atoms. The summed E-state index contributed by atoms with van der Waals surface area (Å²) in [5.74, 6) is -3.50. The van der Waals surface area contributed by atoms with Gasteiger partial charge < -0.3 is 33.2 Å². The SMILES string of the molecule is O=C(CCCCO[C@H]1OC(COC(=O)c2ccccc2)[C@@H](OC(=O)c2ccccc2)[C@H](OC(=O)c2ccccc2)C1OC(=O)c1ccccc1)OCc1ccccc1. The first-order valence-electron chi connectivity index (χ1n) is 18.8. The molecule has 1 fully saturated rings. The summed E-state index contributed by atoms with van der Waals surface area (Å²) >= 11 is 0. The van der Waals surface area contributed by atoms with E-state index in [0.29, 0.717) is 12.8 Å². The summed E-state index contributed by atoms with van der Waals surface area (Å²) in [7, 11) is 0. The lowest BCUT2D eigenvalue weighted by Gasteiger charge is -2.44. The number of ether oxygens (including phenoxy) is 7. The van der Waals surface area contributed by atoms with E-state index in [9.17, 15) is 24.0 Å². The Labute approximate surface area is 335 Å². The van der Waals surface area contributed by atoms with Crippen molar-refractivity contribution in [2.75, 3.05) is 13.2 Å². The molecule has 0 saturated carbocycles. The van der Waals surface area contributed by atoms with E-state index in [2.05, 4.69) is 0 Å². The average Bonchev–Trinajstić information content (AvgIpc) is 3.27. The van der Waals surface area contributed by atoms with Gasteiger partial charge in [-0.1, -0.05) is 103 Å². The number of hydrogen-bond donors (Lipinski definition) is 0. The molecular formula is C46H42O12. The summed E-state index contributed by atoms with van der Waals surface area (Å²) in [5.41, 5.74) is 1.64. The molecule has 0 radical (unpaired) electrons. The first-order chi connectivity index (χ1) is 28.4. The maximum atomic E-state index is 13.8. The quantitative estimate of drug-likeness (QED) is 0.0534. The highest BCUT2D eigenvalue weighted by Gasteiger charge is 2.53. The van der Waals surface area contributed by atoms with Gasteiger partial charge in [-0.05, 0) is 66.9 Å². The number of unbranched alkanes of at least 4 members (excludes halogenated alkanes) is 1. The van der Waals surface area contributed by atoms with E-state index in [-0.39, 0.29) is 47.9 Å². The van der Waals surface area contributed by atoms with Crippen molar-refractivity contribution in [2.45, 2.75) is 56.6 Å². The van der Waals surface area contributed by atoms with Crippen LogP contribution < -0.4 is 0 Å². The molecule has 1 saturated heterocycles. The predicted octanol–water partition coefficient (Wildman–Crippen LogP) is 7.18. The smallest absolute Gasteiger partial charge is 0.338 e. The average molecular weight is 787 g/mol. The van der Waals surface area contributed by atoms with Crippen molar-refractivity contribution in [1.29, 1.82) is 0 Å². The first-order valence-corrected chi connectivity index (χ1v) is 18.8. The van der Waals surface area contributed by atoms with Crippen LogP contribution in [0.5, 0.6) is 0 Å². The number of rotatable bonds is 17. The standard InChI is InChI=1S/C46H42O12/c47-38(53-30-32-18-6-1-7-19-32)28-16-17-29-52-46-41(58-45(51)36-26-14-5-15-27-36)40(57-44(50)35-24-12-4-13-25-35)39(56-43(49)34-22-10-3-11-23-34)37(55-46)31-54-42(48)33-20-8-2-9-21-33/h1-15,18-27,37,39-41,46H,16-17,28-31H2/t37?,39-,40+,41?,46+/m1/s1. The zero-order valence-electron chi connectivity index (χ0n) is 31.5. The second-order valence-electron chi connectivity index (χ2n) is 13.2. The van der Waals surface area contributed by atoms with Crippen molar-refractivity contribution in [1.82, 2.24) is 0 Å². The Balaban J connectivity index is 1.27. The maximum Gasteiger partial charge on any atom is 0.338 e. The Morgan fingerprint density at radius 2 is 0.897 bits per heavy atom. The molecule has 5 aromatic carbocycles. The minimum Gasteiger partial charge on any atom is -0.461 e. The molecule has 298 valence electrons. The van der Waals surface area contributed by atoms with Crippen molar-refractivity contribution in [3.63, 3.8) is 0 Å². The number of carbonyl (C=O) groups is 5. The van der Waals surface area contributed by atoms with Gasteiger partial charge in [-0.15, -0.1) is 0 Å². The van der Waals surface area contributed by atoms with Crippen LogP contribution in [0.4, 0.5) is 0 Å². The first kappa shape index (κ1) is 41.0. The van der Waals surface area contributed by atoms with Crippen LogP contribution in [0.15, 0.2) is 152 Å². The van der Waals surface area contributed by atoms with Crippen LogP contribution in [-0.2, 0) is 44.6 Å². The number of benzene rings is 5. The lowest BCUT2D eigenvalue weighted by molar-refractivity contribution is -0.298. The highest BCUT2D eigenvalue weighted by molar-refractivity contribution is 5.91. The molecule has 0 spiro atoms. The fourth-order valence-corrected chi connectivity index (χ4v) is 6.04. The van der Waals surface area contributed by atoms with E-state index in [1.165, 1.54) is 24.3 Å². The molecule has 12 heteroatoms. The van der Waals surface area contributed by atoms with Gasteiger partial charge in [0.1, 0.15) is 19.3 Å². The highest BCUT2D eigenvalue weighted by Crippen LogP contribution is 2.32. The van der Waals surface area contributed by atoms with E-state index in [1.807, 2.05) is 30.3 Å². The topological polar surface area (TPSA) is 150 Å². The lowest BCUT2D eigenvalue weighted by atomic mass is 9.97. The van der Waals surface area contributed by atoms with Crippen molar-refractivity contribution in [3.8, 4) is 0 Å². The van der Waals surface area contributed by atoms with Crippen molar-refractivity contribution in [2.24, 2.45) is 0 Å². The fourth-order valence-electron chi connectivity index (χ4n) is 6.04. The molecule has 1 heterocycles. The molecule has 1 aliphatic heterocycles. The predicted molar refractivity (Wildman–Crippen MR) is 208 cm³/mol. The van der Waals surface area contributed by atoms with Crippen LogP contribution in [0.2, 0.25) is 0 Å². The van der Waals surface area contributed by atoms with Crippen molar-refractivity contribution in [3.05, 3.63) is 179 Å². The Kier molecular flexibility index (Phi) is 14.9. The van der Waals surface area contributed by atoms with Crippen LogP contribution in [0.25, 0.3) is 0 Å². The minimum absolute atomic E-state index is 0.000361. The van der Waals surface area contributed by atoms with E-state index in [0.717, 1.165) is 5.56 Å².